The molecule has 0 amide bonds. The molecule has 0 bridgehead atoms. The Morgan fingerprint density at radius 2 is 2.21 bits per heavy atom. The van der Waals surface area contributed by atoms with Crippen molar-refractivity contribution >= 4 is 49.1 Å². The SMILES string of the molecule is CCc1sc2c(Br)cccc2c1SC. The zero-order valence-electron chi connectivity index (χ0n) is 8.13. The Morgan fingerprint density at radius 3 is 2.86 bits per heavy atom. The average molecular weight is 287 g/mol. The highest BCUT2D eigenvalue weighted by atomic mass is 79.9. The largest absolute Gasteiger partial charge is 0.138 e. The second kappa shape index (κ2) is 4.25. The predicted molar refractivity (Wildman–Crippen MR) is 70.7 cm³/mol. The molecule has 0 nitrogen and oxygen atoms in total. The fraction of sp³-hybridized carbons (Fsp3) is 0.273. The first-order chi connectivity index (χ1) is 6.77. The number of thioether (sulfide) groups is 1. The van der Waals surface area contributed by atoms with E-state index >= 15 is 0 Å². The van der Waals surface area contributed by atoms with Gasteiger partial charge in [0.1, 0.15) is 0 Å². The van der Waals surface area contributed by atoms with Gasteiger partial charge < -0.3 is 0 Å². The second-order valence-corrected chi connectivity index (χ2v) is 5.80. The molecule has 0 spiro atoms. The Balaban J connectivity index is 2.79. The summed E-state index contributed by atoms with van der Waals surface area (Å²) in [5.74, 6) is 0. The third kappa shape index (κ3) is 1.62. The van der Waals surface area contributed by atoms with Gasteiger partial charge in [-0.05, 0) is 34.7 Å². The first-order valence-electron chi connectivity index (χ1n) is 4.51. The van der Waals surface area contributed by atoms with E-state index in [4.69, 9.17) is 0 Å². The number of rotatable bonds is 2. The van der Waals surface area contributed by atoms with E-state index in [0.717, 1.165) is 6.42 Å². The van der Waals surface area contributed by atoms with Crippen LogP contribution in [0.5, 0.6) is 0 Å². The standard InChI is InChI=1S/C11H11BrS2/c1-3-9-11(13-2)7-5-4-6-8(12)10(7)14-9/h4-6H,3H2,1-2H3. The molecule has 0 aliphatic heterocycles. The third-order valence-electron chi connectivity index (χ3n) is 2.22. The molecular formula is C11H11BrS2. The molecule has 0 radical (unpaired) electrons. The Bertz CT molecular complexity index is 460. The molecule has 0 atom stereocenters. The normalized spacial score (nSPS) is 11.1. The van der Waals surface area contributed by atoms with E-state index in [0.29, 0.717) is 0 Å². The molecule has 0 unspecified atom stereocenters. The summed E-state index contributed by atoms with van der Waals surface area (Å²) in [4.78, 5) is 2.95. The predicted octanol–water partition coefficient (Wildman–Crippen LogP) is 4.95. The molecule has 0 saturated carbocycles. The Kier molecular flexibility index (Phi) is 3.20. The summed E-state index contributed by atoms with van der Waals surface area (Å²) in [6.45, 7) is 2.22. The molecule has 1 aromatic heterocycles. The van der Waals surface area contributed by atoms with Crippen molar-refractivity contribution in [2.24, 2.45) is 0 Å². The van der Waals surface area contributed by atoms with Crippen LogP contribution in [-0.4, -0.2) is 6.26 Å². The zero-order valence-corrected chi connectivity index (χ0v) is 11.4. The highest BCUT2D eigenvalue weighted by Crippen LogP contribution is 2.40. The molecule has 3 heteroatoms. The number of aryl methyl sites for hydroxylation is 1. The lowest BCUT2D eigenvalue weighted by atomic mass is 10.2. The number of thiophene rings is 1. The fourth-order valence-corrected chi connectivity index (χ4v) is 4.42. The van der Waals surface area contributed by atoms with Gasteiger partial charge >= 0.3 is 0 Å². The van der Waals surface area contributed by atoms with E-state index in [1.807, 2.05) is 23.1 Å². The van der Waals surface area contributed by atoms with Gasteiger partial charge in [0.25, 0.3) is 0 Å². The molecule has 74 valence electrons. The number of fused-ring (bicyclic) bond motifs is 1. The lowest BCUT2D eigenvalue weighted by Crippen LogP contribution is -1.74. The van der Waals surface area contributed by atoms with Crippen molar-refractivity contribution in [1.82, 2.24) is 0 Å². The van der Waals surface area contributed by atoms with Crippen LogP contribution in [0.25, 0.3) is 10.1 Å². The molecule has 2 rings (SSSR count). The minimum atomic E-state index is 1.13. The van der Waals surface area contributed by atoms with Gasteiger partial charge in [-0.2, -0.15) is 0 Å². The van der Waals surface area contributed by atoms with E-state index in [-0.39, 0.29) is 0 Å². The van der Waals surface area contributed by atoms with Gasteiger partial charge in [-0.25, -0.2) is 0 Å². The molecule has 1 aromatic carbocycles. The van der Waals surface area contributed by atoms with E-state index < -0.39 is 0 Å². The maximum Gasteiger partial charge on any atom is 0.0499 e. The summed E-state index contributed by atoms with van der Waals surface area (Å²) in [6.07, 6.45) is 3.28. The molecular weight excluding hydrogens is 276 g/mol. The van der Waals surface area contributed by atoms with Gasteiger partial charge in [-0.3, -0.25) is 0 Å². The van der Waals surface area contributed by atoms with Crippen molar-refractivity contribution in [1.29, 1.82) is 0 Å². The minimum absolute atomic E-state index is 1.13. The summed E-state index contributed by atoms with van der Waals surface area (Å²) in [5, 5.41) is 1.40. The lowest BCUT2D eigenvalue weighted by molar-refractivity contribution is 1.15. The number of benzene rings is 1. The van der Waals surface area contributed by atoms with Gasteiger partial charge in [0.2, 0.25) is 0 Å². The van der Waals surface area contributed by atoms with Crippen molar-refractivity contribution in [3.8, 4) is 0 Å². The first kappa shape index (κ1) is 10.5. The molecule has 14 heavy (non-hydrogen) atoms. The van der Waals surface area contributed by atoms with E-state index in [2.05, 4.69) is 47.3 Å². The van der Waals surface area contributed by atoms with Gasteiger partial charge in [0.05, 0.1) is 0 Å². The van der Waals surface area contributed by atoms with E-state index in [1.54, 1.807) is 0 Å². The van der Waals surface area contributed by atoms with Crippen molar-refractivity contribution in [3.05, 3.63) is 27.5 Å². The Hall–Kier alpha value is 0.01000. The number of hydrogen-bond acceptors (Lipinski definition) is 2. The molecule has 1 heterocycles. The average Bonchev–Trinajstić information content (AvgIpc) is 2.57. The van der Waals surface area contributed by atoms with Gasteiger partial charge in [0, 0.05) is 24.3 Å². The summed E-state index contributed by atoms with van der Waals surface area (Å²) >= 11 is 7.37. The molecule has 0 aliphatic carbocycles. The Morgan fingerprint density at radius 1 is 1.43 bits per heavy atom. The smallest absolute Gasteiger partial charge is 0.0499 e. The minimum Gasteiger partial charge on any atom is -0.138 e. The van der Waals surface area contributed by atoms with E-state index in [1.165, 1.54) is 24.3 Å². The summed E-state index contributed by atoms with van der Waals surface area (Å²) < 4.78 is 2.60. The van der Waals surface area contributed by atoms with Crippen LogP contribution in [0.1, 0.15) is 11.8 Å². The van der Waals surface area contributed by atoms with Crippen molar-refractivity contribution in [2.75, 3.05) is 6.26 Å². The maximum atomic E-state index is 3.60. The third-order valence-corrected chi connectivity index (χ3v) is 5.53. The highest BCUT2D eigenvalue weighted by molar-refractivity contribution is 9.10. The topological polar surface area (TPSA) is 0 Å². The monoisotopic (exact) mass is 286 g/mol. The van der Waals surface area contributed by atoms with Crippen LogP contribution in [0.3, 0.4) is 0 Å². The summed E-state index contributed by atoms with van der Waals surface area (Å²) in [5.41, 5.74) is 0. The number of hydrogen-bond donors (Lipinski definition) is 0. The van der Waals surface area contributed by atoms with Crippen LogP contribution in [-0.2, 0) is 6.42 Å². The number of halogens is 1. The summed E-state index contributed by atoms with van der Waals surface area (Å²) in [6, 6.07) is 6.43. The van der Waals surface area contributed by atoms with Gasteiger partial charge in [0.15, 0.2) is 0 Å². The van der Waals surface area contributed by atoms with Gasteiger partial charge in [-0.1, -0.05) is 19.1 Å². The van der Waals surface area contributed by atoms with Crippen molar-refractivity contribution < 1.29 is 0 Å². The Labute approximate surface area is 101 Å². The fourth-order valence-electron chi connectivity index (χ4n) is 1.57. The molecule has 0 saturated heterocycles. The van der Waals surface area contributed by atoms with Crippen molar-refractivity contribution in [2.45, 2.75) is 18.2 Å². The van der Waals surface area contributed by atoms with Crippen LogP contribution in [0, 0.1) is 0 Å². The van der Waals surface area contributed by atoms with Crippen LogP contribution >= 0.6 is 39.0 Å². The second-order valence-electron chi connectivity index (χ2n) is 3.03. The quantitative estimate of drug-likeness (QED) is 0.704. The van der Waals surface area contributed by atoms with Crippen LogP contribution < -0.4 is 0 Å². The molecule has 0 N–H and O–H groups in total. The van der Waals surface area contributed by atoms with Crippen LogP contribution in [0.4, 0.5) is 0 Å². The van der Waals surface area contributed by atoms with Crippen LogP contribution in [0.2, 0.25) is 0 Å². The van der Waals surface area contributed by atoms with Gasteiger partial charge in [-0.15, -0.1) is 23.1 Å². The zero-order chi connectivity index (χ0) is 10.1. The van der Waals surface area contributed by atoms with Crippen LogP contribution in [0.15, 0.2) is 27.6 Å². The highest BCUT2D eigenvalue weighted by Gasteiger charge is 2.11. The first-order valence-corrected chi connectivity index (χ1v) is 7.35. The molecule has 0 fully saturated rings. The van der Waals surface area contributed by atoms with E-state index in [9.17, 15) is 0 Å². The molecule has 2 aromatic rings. The van der Waals surface area contributed by atoms with Crippen molar-refractivity contribution in [3.63, 3.8) is 0 Å². The lowest BCUT2D eigenvalue weighted by Gasteiger charge is -1.97. The maximum absolute atomic E-state index is 3.60. The molecule has 0 aliphatic rings. The summed E-state index contributed by atoms with van der Waals surface area (Å²) in [7, 11) is 0.